The molecule has 0 aliphatic heterocycles. The highest BCUT2D eigenvalue weighted by Crippen LogP contribution is 2.27. The summed E-state index contributed by atoms with van der Waals surface area (Å²) in [5, 5.41) is 26.4. The van der Waals surface area contributed by atoms with Gasteiger partial charge in [-0.1, -0.05) is 0 Å². The fourth-order valence-corrected chi connectivity index (χ4v) is 2.77. The second-order valence-electron chi connectivity index (χ2n) is 4.34. The van der Waals surface area contributed by atoms with Gasteiger partial charge in [0.05, 0.1) is 9.85 Å². The Kier molecular flexibility index (Phi) is 7.59. The van der Waals surface area contributed by atoms with E-state index in [0.29, 0.717) is 8.95 Å². The van der Waals surface area contributed by atoms with Gasteiger partial charge >= 0.3 is 0 Å². The summed E-state index contributed by atoms with van der Waals surface area (Å²) in [6.45, 7) is 0. The number of halogens is 2. The van der Waals surface area contributed by atoms with Gasteiger partial charge in [0.25, 0.3) is 11.4 Å². The number of hydrogen-bond donors (Lipinski definition) is 2. The van der Waals surface area contributed by atoms with Crippen LogP contribution in [-0.4, -0.2) is 23.9 Å². The molecule has 0 unspecified atom stereocenters. The smallest absolute Gasteiger partial charge is 0.270 e. The first-order valence-corrected chi connectivity index (χ1v) is 8.12. The third-order valence-corrected chi connectivity index (χ3v) is 4.18. The van der Waals surface area contributed by atoms with Crippen LogP contribution in [0.4, 0.5) is 22.7 Å². The maximum absolute atomic E-state index is 10.3. The number of hydrogen-bond acceptors (Lipinski definition) is 6. The predicted octanol–water partition coefficient (Wildman–Crippen LogP) is 4.80. The number of anilines is 2. The lowest BCUT2D eigenvalue weighted by molar-refractivity contribution is -0.385. The zero-order valence-electron chi connectivity index (χ0n) is 12.7. The summed E-state index contributed by atoms with van der Waals surface area (Å²) in [6.07, 6.45) is 0. The van der Waals surface area contributed by atoms with Gasteiger partial charge in [0.1, 0.15) is 0 Å². The molecule has 10 heteroatoms. The highest BCUT2D eigenvalue weighted by molar-refractivity contribution is 9.11. The Morgan fingerprint density at radius 3 is 1.33 bits per heavy atom. The summed E-state index contributed by atoms with van der Waals surface area (Å²) in [5.74, 6) is 0. The molecule has 0 aliphatic rings. The van der Waals surface area contributed by atoms with E-state index >= 15 is 0 Å². The zero-order valence-corrected chi connectivity index (χ0v) is 15.9. The van der Waals surface area contributed by atoms with Crippen molar-refractivity contribution in [1.82, 2.24) is 0 Å². The minimum atomic E-state index is -0.426. The van der Waals surface area contributed by atoms with Gasteiger partial charge in [-0.25, -0.2) is 0 Å². The van der Waals surface area contributed by atoms with Crippen LogP contribution < -0.4 is 10.6 Å². The maximum atomic E-state index is 10.3. The van der Waals surface area contributed by atoms with Crippen LogP contribution in [-0.2, 0) is 0 Å². The van der Waals surface area contributed by atoms with E-state index in [0.717, 1.165) is 11.4 Å². The fourth-order valence-electron chi connectivity index (χ4n) is 1.64. The highest BCUT2D eigenvalue weighted by Gasteiger charge is 2.08. The molecule has 2 aromatic rings. The van der Waals surface area contributed by atoms with Crippen molar-refractivity contribution in [3.8, 4) is 0 Å². The Hall–Kier alpha value is -2.20. The molecule has 0 fully saturated rings. The molecular weight excluding hydrogens is 448 g/mol. The van der Waals surface area contributed by atoms with Gasteiger partial charge in [-0.15, -0.1) is 0 Å². The number of nitrogens with zero attached hydrogens (tertiary/aromatic N) is 2. The summed E-state index contributed by atoms with van der Waals surface area (Å²) in [6, 6.07) is 9.15. The molecule has 0 aromatic heterocycles. The number of benzene rings is 2. The van der Waals surface area contributed by atoms with E-state index in [9.17, 15) is 20.2 Å². The molecule has 0 radical (unpaired) electrons. The van der Waals surface area contributed by atoms with E-state index < -0.39 is 9.85 Å². The summed E-state index contributed by atoms with van der Waals surface area (Å²) in [7, 11) is 3.51. The Morgan fingerprint density at radius 1 is 0.792 bits per heavy atom. The summed E-state index contributed by atoms with van der Waals surface area (Å²) >= 11 is 6.42. The van der Waals surface area contributed by atoms with E-state index in [4.69, 9.17) is 0 Å². The number of nitro groups is 2. The van der Waals surface area contributed by atoms with Crippen LogP contribution in [0.25, 0.3) is 0 Å². The van der Waals surface area contributed by atoms with Crippen LogP contribution >= 0.6 is 31.9 Å². The quantitative estimate of drug-likeness (QED) is 0.499. The number of non-ortho nitro benzene ring substituents is 2. The van der Waals surface area contributed by atoms with Gasteiger partial charge in [-0.2, -0.15) is 0 Å². The van der Waals surface area contributed by atoms with Crippen molar-refractivity contribution in [2.45, 2.75) is 0 Å². The molecule has 0 aliphatic carbocycles. The van der Waals surface area contributed by atoms with E-state index in [1.165, 1.54) is 24.3 Å². The minimum Gasteiger partial charge on any atom is -0.387 e. The molecule has 128 valence electrons. The number of nitro benzene ring substituents is 2. The van der Waals surface area contributed by atoms with Gasteiger partial charge in [0.15, 0.2) is 0 Å². The number of nitrogens with one attached hydrogen (secondary N) is 2. The second-order valence-corrected chi connectivity index (χ2v) is 6.05. The fraction of sp³-hybridized carbons (Fsp3) is 0.143. The van der Waals surface area contributed by atoms with Crippen LogP contribution in [0.15, 0.2) is 45.3 Å². The summed E-state index contributed by atoms with van der Waals surface area (Å²) < 4.78 is 1.39. The Morgan fingerprint density at radius 2 is 1.12 bits per heavy atom. The van der Waals surface area contributed by atoms with E-state index in [1.54, 1.807) is 26.2 Å². The van der Waals surface area contributed by atoms with E-state index in [-0.39, 0.29) is 11.4 Å². The molecule has 2 aromatic carbocycles. The lowest BCUT2D eigenvalue weighted by Gasteiger charge is -2.01. The van der Waals surface area contributed by atoms with E-state index in [2.05, 4.69) is 42.5 Å². The van der Waals surface area contributed by atoms with Crippen molar-refractivity contribution in [3.63, 3.8) is 0 Å². The monoisotopic (exact) mass is 460 g/mol. The van der Waals surface area contributed by atoms with Gasteiger partial charge in [-0.05, 0) is 44.0 Å². The molecule has 0 amide bonds. The molecule has 2 rings (SSSR count). The predicted molar refractivity (Wildman–Crippen MR) is 101 cm³/mol. The Labute approximate surface area is 154 Å². The molecule has 0 atom stereocenters. The van der Waals surface area contributed by atoms with Crippen molar-refractivity contribution >= 4 is 54.6 Å². The highest BCUT2D eigenvalue weighted by atomic mass is 79.9. The average Bonchev–Trinajstić information content (AvgIpc) is 2.55. The number of rotatable bonds is 4. The second kappa shape index (κ2) is 9.18. The lowest BCUT2D eigenvalue weighted by Crippen LogP contribution is -1.92. The zero-order chi connectivity index (χ0) is 18.3. The normalized spacial score (nSPS) is 9.50. The Bertz CT molecular complexity index is 692. The summed E-state index contributed by atoms with van der Waals surface area (Å²) in [4.78, 5) is 19.8. The van der Waals surface area contributed by atoms with Crippen molar-refractivity contribution in [1.29, 1.82) is 0 Å². The van der Waals surface area contributed by atoms with Gasteiger partial charge in [0, 0.05) is 58.7 Å². The maximum Gasteiger partial charge on any atom is 0.270 e. The van der Waals surface area contributed by atoms with Gasteiger partial charge < -0.3 is 10.6 Å². The first-order chi connectivity index (χ1) is 11.3. The SMILES string of the molecule is CNc1ccc([N+](=O)[O-])cc1Br.CNc1ccc([N+](=O)[O-])cc1Br. The van der Waals surface area contributed by atoms with E-state index in [1.807, 2.05) is 0 Å². The van der Waals surface area contributed by atoms with Crippen molar-refractivity contribution < 1.29 is 9.85 Å². The summed E-state index contributed by atoms with van der Waals surface area (Å²) in [5.41, 5.74) is 1.84. The lowest BCUT2D eigenvalue weighted by atomic mass is 10.3. The van der Waals surface area contributed by atoms with Crippen molar-refractivity contribution in [3.05, 3.63) is 65.6 Å². The molecule has 0 heterocycles. The van der Waals surface area contributed by atoms with Crippen molar-refractivity contribution in [2.75, 3.05) is 24.7 Å². The molecular formula is C14H14Br2N4O4. The average molecular weight is 462 g/mol. The first kappa shape index (κ1) is 19.8. The standard InChI is InChI=1S/2C7H7BrN2O2/c2*1-9-7-3-2-5(10(11)12)4-6(7)8/h2*2-4,9H,1H3. The third kappa shape index (κ3) is 5.46. The molecule has 0 saturated heterocycles. The van der Waals surface area contributed by atoms with Gasteiger partial charge in [0.2, 0.25) is 0 Å². The molecule has 0 spiro atoms. The minimum absolute atomic E-state index is 0.0841. The first-order valence-electron chi connectivity index (χ1n) is 6.53. The van der Waals surface area contributed by atoms with Gasteiger partial charge in [-0.3, -0.25) is 20.2 Å². The third-order valence-electron chi connectivity index (χ3n) is 2.87. The largest absolute Gasteiger partial charge is 0.387 e. The molecule has 0 bridgehead atoms. The molecule has 0 saturated carbocycles. The van der Waals surface area contributed by atoms with Crippen LogP contribution in [0.1, 0.15) is 0 Å². The Balaban J connectivity index is 0.000000240. The van der Waals surface area contributed by atoms with Crippen LogP contribution in [0, 0.1) is 20.2 Å². The topological polar surface area (TPSA) is 110 Å². The van der Waals surface area contributed by atoms with Crippen molar-refractivity contribution in [2.24, 2.45) is 0 Å². The van der Waals surface area contributed by atoms with Crippen LogP contribution in [0.2, 0.25) is 0 Å². The molecule has 2 N–H and O–H groups in total. The molecule has 8 nitrogen and oxygen atoms in total. The van der Waals surface area contributed by atoms with Crippen LogP contribution in [0.3, 0.4) is 0 Å². The van der Waals surface area contributed by atoms with Crippen LogP contribution in [0.5, 0.6) is 0 Å². The molecule has 24 heavy (non-hydrogen) atoms.